The minimum Gasteiger partial charge on any atom is -0.310 e. The van der Waals surface area contributed by atoms with Gasteiger partial charge in [-0.25, -0.2) is 9.97 Å². The molecule has 358 valence electrons. The summed E-state index contributed by atoms with van der Waals surface area (Å²) in [5.74, 6) is 0.676. The van der Waals surface area contributed by atoms with Crippen LogP contribution < -0.4 is 9.80 Å². The smallest absolute Gasteiger partial charge is 0.160 e. The lowest BCUT2D eigenvalue weighted by molar-refractivity contribution is 0.731. The van der Waals surface area contributed by atoms with Gasteiger partial charge in [0.05, 0.1) is 45.0 Å². The molecule has 2 aliphatic heterocycles. The predicted molar refractivity (Wildman–Crippen MR) is 311 cm³/mol. The summed E-state index contributed by atoms with van der Waals surface area (Å²) in [6.07, 6.45) is 0. The molecular weight excluding hydrogens is 921 g/mol. The summed E-state index contributed by atoms with van der Waals surface area (Å²) in [6, 6.07) is 110. The molecule has 76 heavy (non-hydrogen) atoms. The summed E-state index contributed by atoms with van der Waals surface area (Å²) in [6.45, 7) is 0. The number of fused-ring (bicyclic) bond motifs is 4. The van der Waals surface area contributed by atoms with Gasteiger partial charge in [-0.05, 0) is 99.1 Å². The van der Waals surface area contributed by atoms with E-state index >= 15 is 0 Å². The SMILES string of the molecule is c1ccc(-c2nc(-c3ccc(N4c5ccccc5C(c5ccccc5)(c5ccccc5)c5ccccc54)cc3)cc(-c3ccc(N4c5ccccc5C(c5ccccc5)(c5ccccc5)c5ccccc54)cc3)n2)cc1. The molecule has 0 N–H and O–H groups in total. The molecule has 14 rings (SSSR count). The highest BCUT2D eigenvalue weighted by Crippen LogP contribution is 2.59. The molecule has 2 aliphatic rings. The molecular formula is C72H50N4. The van der Waals surface area contributed by atoms with Gasteiger partial charge in [-0.2, -0.15) is 0 Å². The van der Waals surface area contributed by atoms with E-state index in [-0.39, 0.29) is 0 Å². The molecule has 0 fully saturated rings. The van der Waals surface area contributed by atoms with Gasteiger partial charge in [0, 0.05) is 28.1 Å². The van der Waals surface area contributed by atoms with Crippen LogP contribution in [0.5, 0.6) is 0 Å². The van der Waals surface area contributed by atoms with Crippen LogP contribution in [-0.2, 0) is 10.8 Å². The van der Waals surface area contributed by atoms with Crippen LogP contribution in [0.1, 0.15) is 44.5 Å². The summed E-state index contributed by atoms with van der Waals surface area (Å²) >= 11 is 0. The van der Waals surface area contributed by atoms with E-state index in [1.165, 1.54) is 44.5 Å². The van der Waals surface area contributed by atoms with Gasteiger partial charge in [0.2, 0.25) is 0 Å². The number of aromatic nitrogens is 2. The summed E-state index contributed by atoms with van der Waals surface area (Å²) in [5.41, 5.74) is 20.2. The van der Waals surface area contributed by atoms with Crippen molar-refractivity contribution >= 4 is 34.1 Å². The first kappa shape index (κ1) is 44.8. The van der Waals surface area contributed by atoms with Crippen molar-refractivity contribution in [2.75, 3.05) is 9.80 Å². The minimum atomic E-state index is -0.533. The quantitative estimate of drug-likeness (QED) is 0.144. The Morgan fingerprint density at radius 1 is 0.237 bits per heavy atom. The first-order valence-corrected chi connectivity index (χ1v) is 26.1. The van der Waals surface area contributed by atoms with Crippen LogP contribution in [0, 0.1) is 0 Å². The first-order valence-electron chi connectivity index (χ1n) is 26.1. The Labute approximate surface area is 444 Å². The van der Waals surface area contributed by atoms with E-state index in [4.69, 9.17) is 9.97 Å². The number of para-hydroxylation sites is 4. The van der Waals surface area contributed by atoms with E-state index in [0.717, 1.165) is 62.2 Å². The molecule has 0 saturated carbocycles. The number of hydrogen-bond acceptors (Lipinski definition) is 4. The van der Waals surface area contributed by atoms with Gasteiger partial charge in [0.25, 0.3) is 0 Å². The summed E-state index contributed by atoms with van der Waals surface area (Å²) in [7, 11) is 0. The highest BCUT2D eigenvalue weighted by atomic mass is 15.2. The predicted octanol–water partition coefficient (Wildman–Crippen LogP) is 17.8. The molecule has 0 aliphatic carbocycles. The number of hydrogen-bond donors (Lipinski definition) is 0. The molecule has 3 heterocycles. The maximum absolute atomic E-state index is 5.27. The van der Waals surface area contributed by atoms with Gasteiger partial charge in [-0.3, -0.25) is 0 Å². The molecule has 4 heteroatoms. The fourth-order valence-corrected chi connectivity index (χ4v) is 12.4. The Bertz CT molecular complexity index is 3610. The lowest BCUT2D eigenvalue weighted by Crippen LogP contribution is -2.37. The Kier molecular flexibility index (Phi) is 10.9. The molecule has 0 unspecified atom stereocenters. The number of nitrogens with zero attached hydrogens (tertiary/aromatic N) is 4. The number of anilines is 6. The second-order valence-electron chi connectivity index (χ2n) is 19.6. The second-order valence-corrected chi connectivity index (χ2v) is 19.6. The van der Waals surface area contributed by atoms with E-state index in [1.807, 2.05) is 18.2 Å². The van der Waals surface area contributed by atoms with Crippen molar-refractivity contribution < 1.29 is 0 Å². The summed E-state index contributed by atoms with van der Waals surface area (Å²) in [4.78, 5) is 15.4. The van der Waals surface area contributed by atoms with Crippen LogP contribution in [0.4, 0.5) is 34.1 Å². The van der Waals surface area contributed by atoms with Crippen molar-refractivity contribution in [3.63, 3.8) is 0 Å². The van der Waals surface area contributed by atoms with Crippen LogP contribution in [0.2, 0.25) is 0 Å². The highest BCUT2D eigenvalue weighted by Gasteiger charge is 2.48. The monoisotopic (exact) mass is 970 g/mol. The standard InChI is InChI=1S/C72H50N4/c1-6-24-53(25-7-1)70-73-64(51-42-46-58(47-43-51)75-66-38-20-16-34-60(66)71(54-26-8-2-9-27-54,55-28-10-3-11-29-55)61-35-17-21-39-67(61)75)50-65(74-70)52-44-48-59(49-45-52)76-68-40-22-18-36-62(68)72(56-30-12-4-13-31-56,57-32-14-5-15-33-57)63-37-19-23-41-69(63)76/h1-50H. The lowest BCUT2D eigenvalue weighted by Gasteiger charge is -2.46. The lowest BCUT2D eigenvalue weighted by atomic mass is 9.62. The first-order chi connectivity index (χ1) is 37.7. The zero-order valence-corrected chi connectivity index (χ0v) is 41.7. The van der Waals surface area contributed by atoms with Crippen molar-refractivity contribution in [3.8, 4) is 33.9 Å². The third-order valence-corrected chi connectivity index (χ3v) is 15.6. The van der Waals surface area contributed by atoms with E-state index in [0.29, 0.717) is 5.82 Å². The summed E-state index contributed by atoms with van der Waals surface area (Å²) < 4.78 is 0. The Morgan fingerprint density at radius 2 is 0.500 bits per heavy atom. The minimum absolute atomic E-state index is 0.533. The van der Waals surface area contributed by atoms with Crippen LogP contribution >= 0.6 is 0 Å². The van der Waals surface area contributed by atoms with Gasteiger partial charge < -0.3 is 9.80 Å². The van der Waals surface area contributed by atoms with Crippen LogP contribution in [0.15, 0.2) is 303 Å². The average Bonchev–Trinajstić information content (AvgIpc) is 3.51. The maximum atomic E-state index is 5.27. The van der Waals surface area contributed by atoms with E-state index < -0.39 is 10.8 Å². The zero-order valence-electron chi connectivity index (χ0n) is 41.7. The summed E-state index contributed by atoms with van der Waals surface area (Å²) in [5, 5.41) is 0. The maximum Gasteiger partial charge on any atom is 0.160 e. The topological polar surface area (TPSA) is 32.3 Å². The van der Waals surface area contributed by atoms with Crippen molar-refractivity contribution in [1.29, 1.82) is 0 Å². The van der Waals surface area contributed by atoms with Crippen LogP contribution in [0.25, 0.3) is 33.9 Å². The number of benzene rings is 11. The van der Waals surface area contributed by atoms with Gasteiger partial charge in [0.1, 0.15) is 0 Å². The van der Waals surface area contributed by atoms with Gasteiger partial charge in [-0.1, -0.05) is 249 Å². The molecule has 1 aromatic heterocycles. The Morgan fingerprint density at radius 3 is 0.803 bits per heavy atom. The van der Waals surface area contributed by atoms with Gasteiger partial charge in [0.15, 0.2) is 5.82 Å². The zero-order chi connectivity index (χ0) is 50.5. The normalized spacial score (nSPS) is 13.7. The molecule has 0 radical (unpaired) electrons. The van der Waals surface area contributed by atoms with Gasteiger partial charge >= 0.3 is 0 Å². The van der Waals surface area contributed by atoms with Crippen LogP contribution in [-0.4, -0.2) is 9.97 Å². The molecule has 0 atom stereocenters. The Hall–Kier alpha value is -9.90. The fraction of sp³-hybridized carbons (Fsp3) is 0.0278. The molecule has 4 nitrogen and oxygen atoms in total. The third kappa shape index (κ3) is 7.06. The molecule has 0 saturated heterocycles. The fourth-order valence-electron chi connectivity index (χ4n) is 12.4. The highest BCUT2D eigenvalue weighted by molar-refractivity contribution is 5.92. The largest absolute Gasteiger partial charge is 0.310 e. The van der Waals surface area contributed by atoms with Crippen molar-refractivity contribution in [3.05, 3.63) is 348 Å². The third-order valence-electron chi connectivity index (χ3n) is 15.6. The number of rotatable bonds is 9. The van der Waals surface area contributed by atoms with Crippen molar-refractivity contribution in [2.45, 2.75) is 10.8 Å². The van der Waals surface area contributed by atoms with Crippen molar-refractivity contribution in [1.82, 2.24) is 9.97 Å². The average molecular weight is 971 g/mol. The molecule has 0 bridgehead atoms. The van der Waals surface area contributed by atoms with E-state index in [2.05, 4.69) is 295 Å². The van der Waals surface area contributed by atoms with E-state index in [1.54, 1.807) is 0 Å². The molecule has 11 aromatic carbocycles. The Balaban J connectivity index is 0.858. The van der Waals surface area contributed by atoms with Crippen molar-refractivity contribution in [2.24, 2.45) is 0 Å². The van der Waals surface area contributed by atoms with Gasteiger partial charge in [-0.15, -0.1) is 0 Å². The molecule has 12 aromatic rings. The van der Waals surface area contributed by atoms with Crippen LogP contribution in [0.3, 0.4) is 0 Å². The molecule has 0 spiro atoms. The second kappa shape index (κ2) is 18.5. The molecule has 0 amide bonds. The van der Waals surface area contributed by atoms with E-state index in [9.17, 15) is 0 Å².